The highest BCUT2D eigenvalue weighted by atomic mass is 32.2. The number of carbonyl (C=O) groups is 1. The van der Waals surface area contributed by atoms with Crippen LogP contribution in [0.15, 0.2) is 53.7 Å². The molecule has 0 aliphatic rings. The lowest BCUT2D eigenvalue weighted by molar-refractivity contribution is -0.119. The molecule has 0 saturated heterocycles. The summed E-state index contributed by atoms with van der Waals surface area (Å²) >= 11 is 0. The molecule has 6 heteroatoms. The van der Waals surface area contributed by atoms with E-state index in [1.165, 1.54) is 6.07 Å². The van der Waals surface area contributed by atoms with Crippen LogP contribution in [-0.2, 0) is 14.8 Å². The summed E-state index contributed by atoms with van der Waals surface area (Å²) in [4.78, 5) is 16.2. The third kappa shape index (κ3) is 4.64. The largest absolute Gasteiger partial charge is 0.274 e. The van der Waals surface area contributed by atoms with E-state index in [0.717, 1.165) is 11.1 Å². The van der Waals surface area contributed by atoms with E-state index < -0.39 is 15.9 Å². The van der Waals surface area contributed by atoms with Gasteiger partial charge in [-0.05, 0) is 47.2 Å². The maximum Gasteiger partial charge on any atom is 0.264 e. The molecule has 0 radical (unpaired) electrons. The minimum Gasteiger partial charge on any atom is -0.274 e. The Balaban J connectivity index is 2.09. The Hall–Kier alpha value is -2.21. The average Bonchev–Trinajstić information content (AvgIpc) is 2.55. The molecule has 0 saturated carbocycles. The minimum atomic E-state index is -3.86. The van der Waals surface area contributed by atoms with Crippen molar-refractivity contribution in [2.24, 2.45) is 0 Å². The first-order chi connectivity index (χ1) is 11.3. The summed E-state index contributed by atoms with van der Waals surface area (Å²) < 4.78 is 26.9. The van der Waals surface area contributed by atoms with Crippen LogP contribution in [0, 0.1) is 0 Å². The third-order valence-electron chi connectivity index (χ3n) is 3.85. The Morgan fingerprint density at radius 3 is 2.38 bits per heavy atom. The first kappa shape index (κ1) is 18.1. The Morgan fingerprint density at radius 1 is 1.08 bits per heavy atom. The van der Waals surface area contributed by atoms with Crippen molar-refractivity contribution in [3.63, 3.8) is 0 Å². The molecule has 24 heavy (non-hydrogen) atoms. The lowest BCUT2D eigenvalue weighted by Crippen LogP contribution is -2.31. The van der Waals surface area contributed by atoms with Crippen molar-refractivity contribution in [1.29, 1.82) is 0 Å². The molecule has 1 aromatic heterocycles. The summed E-state index contributed by atoms with van der Waals surface area (Å²) in [5.41, 5.74) is 1.86. The number of hydrogen-bond acceptors (Lipinski definition) is 4. The average molecular weight is 346 g/mol. The van der Waals surface area contributed by atoms with Gasteiger partial charge in [-0.2, -0.15) is 0 Å². The van der Waals surface area contributed by atoms with E-state index in [9.17, 15) is 13.2 Å². The molecule has 1 atom stereocenters. The molecule has 5 nitrogen and oxygen atoms in total. The molecule has 0 bridgehead atoms. The Labute approximate surface area is 143 Å². The fraction of sp³-hybridized carbons (Fsp3) is 0.333. The highest BCUT2D eigenvalue weighted by Crippen LogP contribution is 2.20. The second kappa shape index (κ2) is 7.57. The van der Waals surface area contributed by atoms with Gasteiger partial charge in [0.25, 0.3) is 10.0 Å². The lowest BCUT2D eigenvalue weighted by Gasteiger charge is -2.13. The fourth-order valence-corrected chi connectivity index (χ4v) is 3.43. The van der Waals surface area contributed by atoms with E-state index in [4.69, 9.17) is 0 Å². The zero-order valence-electron chi connectivity index (χ0n) is 14.1. The number of hydrogen-bond donors (Lipinski definition) is 1. The van der Waals surface area contributed by atoms with Gasteiger partial charge in [-0.15, -0.1) is 0 Å². The van der Waals surface area contributed by atoms with Crippen molar-refractivity contribution in [3.05, 3.63) is 59.9 Å². The monoisotopic (exact) mass is 346 g/mol. The van der Waals surface area contributed by atoms with Crippen LogP contribution >= 0.6 is 0 Å². The van der Waals surface area contributed by atoms with Crippen molar-refractivity contribution < 1.29 is 13.2 Å². The molecule has 1 amide bonds. The highest BCUT2D eigenvalue weighted by molar-refractivity contribution is 7.90. The number of nitrogens with one attached hydrogen (secondary N) is 1. The number of carbonyl (C=O) groups excluding carboxylic acids is 1. The number of amides is 1. The van der Waals surface area contributed by atoms with E-state index in [0.29, 0.717) is 0 Å². The van der Waals surface area contributed by atoms with Gasteiger partial charge >= 0.3 is 0 Å². The summed E-state index contributed by atoms with van der Waals surface area (Å²) in [6.45, 7) is 5.85. The smallest absolute Gasteiger partial charge is 0.264 e. The Bertz CT molecular complexity index is 802. The molecule has 0 aliphatic heterocycles. The zero-order valence-corrected chi connectivity index (χ0v) is 14.9. The van der Waals surface area contributed by atoms with Crippen molar-refractivity contribution in [2.45, 2.75) is 43.9 Å². The topological polar surface area (TPSA) is 76.1 Å². The first-order valence-electron chi connectivity index (χ1n) is 7.85. The van der Waals surface area contributed by atoms with Crippen LogP contribution in [0.4, 0.5) is 0 Å². The third-order valence-corrected chi connectivity index (χ3v) is 5.22. The van der Waals surface area contributed by atoms with Crippen LogP contribution in [0.3, 0.4) is 0 Å². The number of sulfonamides is 1. The first-order valence-corrected chi connectivity index (χ1v) is 9.33. The molecule has 2 rings (SSSR count). The van der Waals surface area contributed by atoms with Gasteiger partial charge in [-0.25, -0.2) is 13.1 Å². The molecule has 128 valence electrons. The molecule has 0 unspecified atom stereocenters. The summed E-state index contributed by atoms with van der Waals surface area (Å²) in [7, 11) is -3.86. The number of nitrogens with zero attached hydrogens (tertiary/aromatic N) is 1. The van der Waals surface area contributed by atoms with Crippen molar-refractivity contribution in [1.82, 2.24) is 9.71 Å². The van der Waals surface area contributed by atoms with Gasteiger partial charge < -0.3 is 0 Å². The predicted molar refractivity (Wildman–Crippen MR) is 93.1 cm³/mol. The van der Waals surface area contributed by atoms with Gasteiger partial charge in [-0.3, -0.25) is 9.78 Å². The van der Waals surface area contributed by atoms with Gasteiger partial charge in [0, 0.05) is 18.8 Å². The molecule has 0 spiro atoms. The molecular formula is C18H22N2O3S. The maximum atomic E-state index is 12.4. The van der Waals surface area contributed by atoms with Gasteiger partial charge in [0.1, 0.15) is 0 Å². The number of pyridine rings is 1. The summed E-state index contributed by atoms with van der Waals surface area (Å²) in [6, 6.07) is 10.3. The van der Waals surface area contributed by atoms with E-state index in [-0.39, 0.29) is 23.2 Å². The number of rotatable bonds is 6. The number of benzene rings is 1. The van der Waals surface area contributed by atoms with Crippen molar-refractivity contribution in [3.8, 4) is 0 Å². The van der Waals surface area contributed by atoms with E-state index in [1.807, 2.05) is 39.0 Å². The summed E-state index contributed by atoms with van der Waals surface area (Å²) in [5, 5.41) is 0. The quantitative estimate of drug-likeness (QED) is 0.871. The standard InChI is InChI=1S/C18H22N2O3S/c1-13(2)16-5-4-6-17(12-16)24(22,23)20-18(21)11-14(3)15-7-9-19-10-8-15/h4-10,12-14H,11H2,1-3H3,(H,20,21)/t14-/m0/s1. The molecule has 1 N–H and O–H groups in total. The lowest BCUT2D eigenvalue weighted by atomic mass is 9.99. The zero-order chi connectivity index (χ0) is 17.7. The highest BCUT2D eigenvalue weighted by Gasteiger charge is 2.20. The molecule has 1 heterocycles. The van der Waals surface area contributed by atoms with Crippen LogP contribution in [0.1, 0.15) is 50.2 Å². The van der Waals surface area contributed by atoms with Crippen LogP contribution < -0.4 is 4.72 Å². The normalized spacial score (nSPS) is 12.8. The van der Waals surface area contributed by atoms with Crippen LogP contribution in [0.25, 0.3) is 0 Å². The van der Waals surface area contributed by atoms with Gasteiger partial charge in [-0.1, -0.05) is 32.9 Å². The van der Waals surface area contributed by atoms with Gasteiger partial charge in [0.2, 0.25) is 5.91 Å². The molecule has 0 aliphatic carbocycles. The van der Waals surface area contributed by atoms with E-state index in [2.05, 4.69) is 9.71 Å². The van der Waals surface area contributed by atoms with Crippen LogP contribution in [0.2, 0.25) is 0 Å². The molecular weight excluding hydrogens is 324 g/mol. The minimum absolute atomic E-state index is 0.0904. The Morgan fingerprint density at radius 2 is 1.75 bits per heavy atom. The molecule has 1 aromatic carbocycles. The van der Waals surface area contributed by atoms with E-state index >= 15 is 0 Å². The summed E-state index contributed by atoms with van der Waals surface area (Å²) in [6.07, 6.45) is 3.39. The number of aromatic nitrogens is 1. The molecule has 0 fully saturated rings. The van der Waals surface area contributed by atoms with Crippen LogP contribution in [-0.4, -0.2) is 19.3 Å². The fourth-order valence-electron chi connectivity index (χ4n) is 2.38. The predicted octanol–water partition coefficient (Wildman–Crippen LogP) is 3.20. The van der Waals surface area contributed by atoms with Gasteiger partial charge in [0.15, 0.2) is 0 Å². The van der Waals surface area contributed by atoms with Gasteiger partial charge in [0.05, 0.1) is 4.90 Å². The Kier molecular flexibility index (Phi) is 5.72. The van der Waals surface area contributed by atoms with E-state index in [1.54, 1.807) is 24.5 Å². The van der Waals surface area contributed by atoms with Crippen molar-refractivity contribution >= 4 is 15.9 Å². The second-order valence-corrected chi connectivity index (χ2v) is 7.82. The second-order valence-electron chi connectivity index (χ2n) is 6.14. The SMILES string of the molecule is CC(C)c1cccc(S(=O)(=O)NC(=O)C[C@H](C)c2ccncc2)c1. The maximum absolute atomic E-state index is 12.4. The van der Waals surface area contributed by atoms with Crippen molar-refractivity contribution in [2.75, 3.05) is 0 Å². The summed E-state index contributed by atoms with van der Waals surface area (Å²) in [5.74, 6) is -0.401. The molecule has 2 aromatic rings. The van der Waals surface area contributed by atoms with Crippen LogP contribution in [0.5, 0.6) is 0 Å².